The highest BCUT2D eigenvalue weighted by atomic mass is 32.2. The Morgan fingerprint density at radius 2 is 1.97 bits per heavy atom. The van der Waals surface area contributed by atoms with E-state index in [-0.39, 0.29) is 17.5 Å². The Labute approximate surface area is 227 Å². The van der Waals surface area contributed by atoms with Gasteiger partial charge in [-0.15, -0.1) is 10.2 Å². The molecule has 2 aliphatic carbocycles. The summed E-state index contributed by atoms with van der Waals surface area (Å²) < 4.78 is 48.1. The highest BCUT2D eigenvalue weighted by Gasteiger charge is 2.33. The molecule has 3 heterocycles. The van der Waals surface area contributed by atoms with Crippen LogP contribution in [0.15, 0.2) is 35.6 Å². The first kappa shape index (κ1) is 25.9. The van der Waals surface area contributed by atoms with Crippen LogP contribution in [0.1, 0.15) is 67.6 Å². The Bertz CT molecular complexity index is 1670. The molecule has 6 rings (SSSR count). The fourth-order valence-corrected chi connectivity index (χ4v) is 7.13. The van der Waals surface area contributed by atoms with E-state index in [9.17, 15) is 12.8 Å². The summed E-state index contributed by atoms with van der Waals surface area (Å²) in [6, 6.07) is 5.94. The van der Waals surface area contributed by atoms with Gasteiger partial charge in [0.2, 0.25) is 16.0 Å². The lowest BCUT2D eigenvalue weighted by Gasteiger charge is -2.29. The molecule has 0 bridgehead atoms. The van der Waals surface area contributed by atoms with E-state index in [1.54, 1.807) is 17.2 Å². The number of halogens is 1. The minimum atomic E-state index is -3.98. The second kappa shape index (κ2) is 9.37. The van der Waals surface area contributed by atoms with Crippen LogP contribution < -0.4 is 10.0 Å². The number of alkyl halides is 1. The van der Waals surface area contributed by atoms with Gasteiger partial charge >= 0.3 is 0 Å². The van der Waals surface area contributed by atoms with E-state index in [1.165, 1.54) is 13.8 Å². The third kappa shape index (κ3) is 5.14. The summed E-state index contributed by atoms with van der Waals surface area (Å²) in [7, 11) is -2.12. The summed E-state index contributed by atoms with van der Waals surface area (Å²) in [5.41, 5.74) is 1.87. The van der Waals surface area contributed by atoms with Gasteiger partial charge in [-0.1, -0.05) is 0 Å². The Morgan fingerprint density at radius 1 is 1.18 bits per heavy atom. The lowest BCUT2D eigenvalue weighted by atomic mass is 9.86. The molecular formula is C27H33FN8O2S. The van der Waals surface area contributed by atoms with Crippen molar-refractivity contribution in [3.05, 3.63) is 53.2 Å². The number of nitrogens with one attached hydrogen (secondary N) is 2. The van der Waals surface area contributed by atoms with Gasteiger partial charge < -0.3 is 5.32 Å². The third-order valence-electron chi connectivity index (χ3n) is 7.53. The number of fused-ring (bicyclic) bond motifs is 2. The molecule has 10 nitrogen and oxygen atoms in total. The first-order valence-corrected chi connectivity index (χ1v) is 14.8. The minimum absolute atomic E-state index is 0.0220. The van der Waals surface area contributed by atoms with Crippen molar-refractivity contribution in [3.63, 3.8) is 0 Å². The van der Waals surface area contributed by atoms with E-state index in [2.05, 4.69) is 36.4 Å². The van der Waals surface area contributed by atoms with Crippen molar-refractivity contribution in [1.29, 1.82) is 0 Å². The smallest absolute Gasteiger partial charge is 0.241 e. The van der Waals surface area contributed by atoms with Gasteiger partial charge in [0.1, 0.15) is 17.8 Å². The molecule has 1 unspecified atom stereocenters. The summed E-state index contributed by atoms with van der Waals surface area (Å²) in [5.74, 6) is 1.78. The highest BCUT2D eigenvalue weighted by molar-refractivity contribution is 7.89. The zero-order valence-corrected chi connectivity index (χ0v) is 23.4. The van der Waals surface area contributed by atoms with Crippen molar-refractivity contribution in [3.8, 4) is 0 Å². The molecule has 1 saturated carbocycles. The molecule has 0 spiro atoms. The van der Waals surface area contributed by atoms with Crippen LogP contribution in [-0.2, 0) is 29.9 Å². The second-order valence-electron chi connectivity index (χ2n) is 11.4. The first-order valence-electron chi connectivity index (χ1n) is 13.3. The molecule has 39 heavy (non-hydrogen) atoms. The summed E-state index contributed by atoms with van der Waals surface area (Å²) in [6.07, 6.45) is 7.46. The number of anilines is 2. The van der Waals surface area contributed by atoms with Crippen LogP contribution in [0.25, 0.3) is 10.8 Å². The second-order valence-corrected chi connectivity index (χ2v) is 13.1. The molecule has 4 aromatic rings. The first-order chi connectivity index (χ1) is 18.5. The SMILES string of the molecule is Cc1cc(Nc2nncn2C2CCc3c(cc4cnc(C5CC5)cc4c3S(=O)(=O)NCC(C)(C)F)C2)n(C)n1. The van der Waals surface area contributed by atoms with Gasteiger partial charge in [0.15, 0.2) is 0 Å². The number of aryl methyl sites for hydroxylation is 2. The Hall–Kier alpha value is -3.38. The molecule has 1 fully saturated rings. The average molecular weight is 553 g/mol. The molecule has 0 saturated heterocycles. The average Bonchev–Trinajstić information content (AvgIpc) is 3.54. The zero-order valence-electron chi connectivity index (χ0n) is 22.6. The predicted molar refractivity (Wildman–Crippen MR) is 146 cm³/mol. The monoisotopic (exact) mass is 552 g/mol. The van der Waals surface area contributed by atoms with Gasteiger partial charge in [-0.2, -0.15) is 5.10 Å². The number of nitrogens with zero attached hydrogens (tertiary/aromatic N) is 6. The van der Waals surface area contributed by atoms with E-state index < -0.39 is 15.7 Å². The minimum Gasteiger partial charge on any atom is -0.309 e. The summed E-state index contributed by atoms with van der Waals surface area (Å²) in [4.78, 5) is 4.91. The lowest BCUT2D eigenvalue weighted by molar-refractivity contribution is 0.221. The van der Waals surface area contributed by atoms with Crippen LogP contribution in [0.3, 0.4) is 0 Å². The molecule has 206 valence electrons. The van der Waals surface area contributed by atoms with Crippen molar-refractivity contribution in [2.75, 3.05) is 11.9 Å². The van der Waals surface area contributed by atoms with E-state index >= 15 is 0 Å². The third-order valence-corrected chi connectivity index (χ3v) is 9.06. The van der Waals surface area contributed by atoms with Gasteiger partial charge in [0.25, 0.3) is 0 Å². The van der Waals surface area contributed by atoms with Crippen molar-refractivity contribution in [2.24, 2.45) is 7.05 Å². The standard InChI is InChI=1S/C27H33FN8O2S/c1-16-9-24(35(4)34-16)32-26-33-30-15-36(26)20-7-8-21-18(11-20)10-19-13-29-23(17-5-6-17)12-22(19)25(21)39(37,38)31-14-27(2,3)28/h9-10,12-13,15,17,20,31H,5-8,11,14H2,1-4H3,(H,32,33). The van der Waals surface area contributed by atoms with E-state index in [0.29, 0.717) is 36.5 Å². The maximum absolute atomic E-state index is 14.3. The normalized spacial score (nSPS) is 17.9. The Kier molecular flexibility index (Phi) is 6.22. The van der Waals surface area contributed by atoms with Crippen LogP contribution in [0.2, 0.25) is 0 Å². The maximum atomic E-state index is 14.3. The summed E-state index contributed by atoms with van der Waals surface area (Å²) in [6.45, 7) is 4.36. The van der Waals surface area contributed by atoms with Gasteiger partial charge in [-0.05, 0) is 76.1 Å². The number of hydrogen-bond donors (Lipinski definition) is 2. The Morgan fingerprint density at radius 3 is 2.67 bits per heavy atom. The number of rotatable bonds is 8. The quantitative estimate of drug-likeness (QED) is 0.335. The highest BCUT2D eigenvalue weighted by Crippen LogP contribution is 2.42. The summed E-state index contributed by atoms with van der Waals surface area (Å²) in [5, 5.41) is 17.6. The topological polar surface area (TPSA) is 120 Å². The fourth-order valence-electron chi connectivity index (χ4n) is 5.43. The van der Waals surface area contributed by atoms with Gasteiger partial charge in [0.05, 0.1) is 10.6 Å². The van der Waals surface area contributed by atoms with Crippen molar-refractivity contribution < 1.29 is 12.8 Å². The van der Waals surface area contributed by atoms with E-state index in [0.717, 1.165) is 46.6 Å². The molecule has 2 N–H and O–H groups in total. The van der Waals surface area contributed by atoms with Crippen molar-refractivity contribution >= 4 is 32.6 Å². The Balaban J connectivity index is 1.39. The molecule has 0 amide bonds. The maximum Gasteiger partial charge on any atom is 0.241 e. The van der Waals surface area contributed by atoms with Crippen molar-refractivity contribution in [1.82, 2.24) is 34.3 Å². The van der Waals surface area contributed by atoms with Gasteiger partial charge in [-0.3, -0.25) is 14.2 Å². The molecular weight excluding hydrogens is 519 g/mol. The lowest BCUT2D eigenvalue weighted by Crippen LogP contribution is -2.36. The zero-order chi connectivity index (χ0) is 27.5. The number of sulfonamides is 1. The molecule has 3 aromatic heterocycles. The van der Waals surface area contributed by atoms with Crippen LogP contribution in [-0.4, -0.2) is 50.2 Å². The number of benzene rings is 1. The molecule has 0 radical (unpaired) electrons. The van der Waals surface area contributed by atoms with Gasteiger partial charge in [0, 0.05) is 54.3 Å². The number of pyridine rings is 1. The largest absolute Gasteiger partial charge is 0.309 e. The molecule has 2 aliphatic rings. The molecule has 0 aliphatic heterocycles. The molecule has 1 atom stereocenters. The summed E-state index contributed by atoms with van der Waals surface area (Å²) >= 11 is 0. The van der Waals surface area contributed by atoms with Crippen LogP contribution in [0.5, 0.6) is 0 Å². The molecule has 12 heteroatoms. The van der Waals surface area contributed by atoms with E-state index in [4.69, 9.17) is 0 Å². The van der Waals surface area contributed by atoms with Crippen LogP contribution >= 0.6 is 0 Å². The van der Waals surface area contributed by atoms with Crippen LogP contribution in [0.4, 0.5) is 16.2 Å². The fraction of sp³-hybridized carbons (Fsp3) is 0.481. The predicted octanol–water partition coefficient (Wildman–Crippen LogP) is 4.25. The van der Waals surface area contributed by atoms with E-state index in [1.807, 2.05) is 30.7 Å². The van der Waals surface area contributed by atoms with Crippen LogP contribution in [0, 0.1) is 6.92 Å². The molecule has 1 aromatic carbocycles. The van der Waals surface area contributed by atoms with Crippen molar-refractivity contribution in [2.45, 2.75) is 75.4 Å². The van der Waals surface area contributed by atoms with Gasteiger partial charge in [-0.25, -0.2) is 17.5 Å². The number of hydrogen-bond acceptors (Lipinski definition) is 7. The number of aromatic nitrogens is 6.